The topological polar surface area (TPSA) is 81.1 Å². The highest BCUT2D eigenvalue weighted by atomic mass is 32.2. The summed E-state index contributed by atoms with van der Waals surface area (Å²) >= 11 is 1.36. The number of anilines is 1. The molecule has 0 spiro atoms. The monoisotopic (exact) mass is 263 g/mol. The second-order valence-electron chi connectivity index (χ2n) is 3.91. The van der Waals surface area contributed by atoms with Crippen LogP contribution in [0.4, 0.5) is 5.69 Å². The number of nitrogens with two attached hydrogens (primary N) is 1. The number of nitrogen functional groups attached to an aromatic ring is 1. The van der Waals surface area contributed by atoms with Crippen molar-refractivity contribution in [3.63, 3.8) is 0 Å². The van der Waals surface area contributed by atoms with Crippen LogP contribution in [0.1, 0.15) is 16.1 Å². The van der Waals surface area contributed by atoms with Crippen LogP contribution < -0.4 is 5.73 Å². The Balaban J connectivity index is 2.40. The molecule has 0 saturated heterocycles. The molecule has 0 unspecified atom stereocenters. The van der Waals surface area contributed by atoms with Crippen molar-refractivity contribution in [2.45, 2.75) is 16.8 Å². The molecule has 0 fully saturated rings. The Morgan fingerprint density at radius 1 is 1.44 bits per heavy atom. The van der Waals surface area contributed by atoms with Crippen LogP contribution in [-0.2, 0) is 7.05 Å². The van der Waals surface area contributed by atoms with Gasteiger partial charge in [-0.2, -0.15) is 5.10 Å². The minimum Gasteiger partial charge on any atom is -0.478 e. The van der Waals surface area contributed by atoms with Crippen molar-refractivity contribution in [1.29, 1.82) is 0 Å². The maximum atomic E-state index is 11.2. The van der Waals surface area contributed by atoms with E-state index in [9.17, 15) is 4.79 Å². The molecule has 0 aliphatic rings. The number of hydrogen-bond acceptors (Lipinski definition) is 4. The Labute approximate surface area is 109 Å². The number of aromatic carboxylic acids is 1. The summed E-state index contributed by atoms with van der Waals surface area (Å²) in [7, 11) is 1.83. The molecule has 0 aliphatic heterocycles. The Morgan fingerprint density at radius 3 is 2.72 bits per heavy atom. The van der Waals surface area contributed by atoms with Gasteiger partial charge in [0.05, 0.1) is 16.3 Å². The molecule has 3 N–H and O–H groups in total. The zero-order valence-corrected chi connectivity index (χ0v) is 10.9. The van der Waals surface area contributed by atoms with E-state index in [1.54, 1.807) is 16.8 Å². The highest BCUT2D eigenvalue weighted by Crippen LogP contribution is 2.31. The minimum absolute atomic E-state index is 0.207. The lowest BCUT2D eigenvalue weighted by molar-refractivity contribution is 0.0693. The first-order valence-electron chi connectivity index (χ1n) is 5.28. The quantitative estimate of drug-likeness (QED) is 0.829. The van der Waals surface area contributed by atoms with Gasteiger partial charge < -0.3 is 10.8 Å². The van der Waals surface area contributed by atoms with Crippen LogP contribution in [0.3, 0.4) is 0 Å². The van der Waals surface area contributed by atoms with Crippen molar-refractivity contribution < 1.29 is 9.90 Å². The average molecular weight is 263 g/mol. The van der Waals surface area contributed by atoms with Crippen molar-refractivity contribution >= 4 is 23.4 Å². The fourth-order valence-electron chi connectivity index (χ4n) is 1.60. The lowest BCUT2D eigenvalue weighted by Crippen LogP contribution is -2.01. The second-order valence-corrected chi connectivity index (χ2v) is 4.97. The van der Waals surface area contributed by atoms with Gasteiger partial charge >= 0.3 is 5.97 Å². The lowest BCUT2D eigenvalue weighted by Gasteiger charge is -2.06. The third kappa shape index (κ3) is 2.48. The smallest absolute Gasteiger partial charge is 0.336 e. The summed E-state index contributed by atoms with van der Waals surface area (Å²) in [5.41, 5.74) is 7.15. The number of hydrogen-bond donors (Lipinski definition) is 2. The minimum atomic E-state index is -0.983. The van der Waals surface area contributed by atoms with Crippen LogP contribution >= 0.6 is 11.8 Å². The lowest BCUT2D eigenvalue weighted by atomic mass is 10.2. The molecule has 2 rings (SSSR count). The molecule has 0 bridgehead atoms. The fraction of sp³-hybridized carbons (Fsp3) is 0.167. The second kappa shape index (κ2) is 4.73. The summed E-state index contributed by atoms with van der Waals surface area (Å²) in [6, 6.07) is 6.78. The summed E-state index contributed by atoms with van der Waals surface area (Å²) in [5.74, 6) is -0.983. The molecule has 0 aliphatic carbocycles. The van der Waals surface area contributed by atoms with E-state index in [0.29, 0.717) is 10.6 Å². The Bertz CT molecular complexity index is 607. The van der Waals surface area contributed by atoms with E-state index in [1.165, 1.54) is 17.8 Å². The van der Waals surface area contributed by atoms with E-state index in [1.807, 2.05) is 20.0 Å². The number of benzene rings is 1. The van der Waals surface area contributed by atoms with Crippen LogP contribution in [0, 0.1) is 6.92 Å². The van der Waals surface area contributed by atoms with Crippen molar-refractivity contribution in [1.82, 2.24) is 9.78 Å². The van der Waals surface area contributed by atoms with Gasteiger partial charge in [0.25, 0.3) is 0 Å². The zero-order chi connectivity index (χ0) is 13.3. The van der Waals surface area contributed by atoms with E-state index < -0.39 is 5.97 Å². The van der Waals surface area contributed by atoms with Crippen LogP contribution in [0.5, 0.6) is 0 Å². The molecule has 0 radical (unpaired) electrons. The number of nitrogens with zero attached hydrogens (tertiary/aromatic N) is 2. The van der Waals surface area contributed by atoms with Crippen molar-refractivity contribution in [3.05, 3.63) is 35.5 Å². The van der Waals surface area contributed by atoms with Gasteiger partial charge in [0, 0.05) is 17.6 Å². The molecular weight excluding hydrogens is 250 g/mol. The molecule has 1 aromatic carbocycles. The van der Waals surface area contributed by atoms with Crippen LogP contribution in [0.2, 0.25) is 0 Å². The van der Waals surface area contributed by atoms with Gasteiger partial charge in [-0.05, 0) is 31.2 Å². The third-order valence-corrected chi connectivity index (χ3v) is 3.57. The SMILES string of the molecule is Cc1cc(Sc2ccc(N)cc2C(=O)O)n(C)n1. The zero-order valence-electron chi connectivity index (χ0n) is 10.0. The van der Waals surface area contributed by atoms with Crippen molar-refractivity contribution in [2.24, 2.45) is 7.05 Å². The first kappa shape index (κ1) is 12.5. The average Bonchev–Trinajstić information content (AvgIpc) is 2.60. The fourth-order valence-corrected chi connectivity index (χ4v) is 2.62. The van der Waals surface area contributed by atoms with Crippen LogP contribution in [0.25, 0.3) is 0 Å². The molecule has 0 atom stereocenters. The molecule has 1 heterocycles. The summed E-state index contributed by atoms with van der Waals surface area (Å²) in [4.78, 5) is 11.8. The number of aryl methyl sites for hydroxylation is 2. The number of carbonyl (C=O) groups is 1. The molecule has 2 aromatic rings. The molecule has 5 nitrogen and oxygen atoms in total. The van der Waals surface area contributed by atoms with Gasteiger partial charge in [-0.25, -0.2) is 4.79 Å². The van der Waals surface area contributed by atoms with Gasteiger partial charge in [0.1, 0.15) is 0 Å². The van der Waals surface area contributed by atoms with E-state index in [0.717, 1.165) is 10.7 Å². The Hall–Kier alpha value is -1.95. The molecule has 94 valence electrons. The predicted molar refractivity (Wildman–Crippen MR) is 69.9 cm³/mol. The number of carboxylic acid groups (broad SMARTS) is 1. The molecule has 18 heavy (non-hydrogen) atoms. The first-order valence-corrected chi connectivity index (χ1v) is 6.10. The number of rotatable bonds is 3. The Kier molecular flexibility index (Phi) is 3.29. The summed E-state index contributed by atoms with van der Waals surface area (Å²) in [6.45, 7) is 1.89. The highest BCUT2D eigenvalue weighted by Gasteiger charge is 2.13. The van der Waals surface area contributed by atoms with Crippen LogP contribution in [0.15, 0.2) is 34.2 Å². The third-order valence-electron chi connectivity index (χ3n) is 2.41. The van der Waals surface area contributed by atoms with E-state index in [2.05, 4.69) is 5.10 Å². The molecular formula is C12H13N3O2S. The van der Waals surface area contributed by atoms with Crippen LogP contribution in [-0.4, -0.2) is 20.9 Å². The molecule has 1 aromatic heterocycles. The van der Waals surface area contributed by atoms with Gasteiger partial charge in [0.15, 0.2) is 0 Å². The van der Waals surface area contributed by atoms with E-state index >= 15 is 0 Å². The summed E-state index contributed by atoms with van der Waals surface area (Å²) < 4.78 is 1.72. The molecule has 0 saturated carbocycles. The highest BCUT2D eigenvalue weighted by molar-refractivity contribution is 7.99. The van der Waals surface area contributed by atoms with Gasteiger partial charge in [-0.15, -0.1) is 0 Å². The standard InChI is InChI=1S/C12H13N3O2S/c1-7-5-11(15(2)14-7)18-10-4-3-8(13)6-9(10)12(16)17/h3-6H,13H2,1-2H3,(H,16,17). The van der Waals surface area contributed by atoms with E-state index in [-0.39, 0.29) is 5.56 Å². The largest absolute Gasteiger partial charge is 0.478 e. The van der Waals surface area contributed by atoms with Crippen molar-refractivity contribution in [3.8, 4) is 0 Å². The Morgan fingerprint density at radius 2 is 2.17 bits per heavy atom. The predicted octanol–water partition coefficient (Wildman–Crippen LogP) is 2.16. The maximum absolute atomic E-state index is 11.2. The van der Waals surface area contributed by atoms with Gasteiger partial charge in [0.2, 0.25) is 0 Å². The number of aromatic nitrogens is 2. The van der Waals surface area contributed by atoms with Crippen molar-refractivity contribution in [2.75, 3.05) is 5.73 Å². The summed E-state index contributed by atoms with van der Waals surface area (Å²) in [6.07, 6.45) is 0. The molecule has 0 amide bonds. The van der Waals surface area contributed by atoms with E-state index in [4.69, 9.17) is 10.8 Å². The summed E-state index contributed by atoms with van der Waals surface area (Å²) in [5, 5.41) is 14.3. The van der Waals surface area contributed by atoms with Gasteiger partial charge in [-0.1, -0.05) is 11.8 Å². The first-order chi connectivity index (χ1) is 8.47. The maximum Gasteiger partial charge on any atom is 0.336 e. The number of carboxylic acids is 1. The normalized spacial score (nSPS) is 10.6. The van der Waals surface area contributed by atoms with Gasteiger partial charge in [-0.3, -0.25) is 4.68 Å². The molecule has 6 heteroatoms.